The van der Waals surface area contributed by atoms with E-state index in [2.05, 4.69) is 44.2 Å². The fraction of sp³-hybridized carbons (Fsp3) is 0.625. The first-order valence-electron chi connectivity index (χ1n) is 7.20. The van der Waals surface area contributed by atoms with Crippen molar-refractivity contribution in [3.8, 4) is 0 Å². The van der Waals surface area contributed by atoms with E-state index >= 15 is 0 Å². The average Bonchev–Trinajstić information content (AvgIpc) is 2.32. The Bertz CT molecular complexity index is 431. The van der Waals surface area contributed by atoms with Gasteiger partial charge in [-0.2, -0.15) is 0 Å². The fourth-order valence-corrected chi connectivity index (χ4v) is 3.27. The highest BCUT2D eigenvalue weighted by molar-refractivity contribution is 6.31. The molecule has 1 aliphatic carbocycles. The number of anilines is 2. The van der Waals surface area contributed by atoms with Gasteiger partial charge in [0.25, 0.3) is 0 Å². The van der Waals surface area contributed by atoms with Gasteiger partial charge in [0.15, 0.2) is 0 Å². The van der Waals surface area contributed by atoms with Gasteiger partial charge in [-0.1, -0.05) is 25.4 Å². The SMILES string of the molecule is CC1CCC(Nc2cc(Cl)ccc2N(C)C)C(C)C1. The van der Waals surface area contributed by atoms with E-state index in [1.54, 1.807) is 0 Å². The van der Waals surface area contributed by atoms with Crippen molar-refractivity contribution in [3.63, 3.8) is 0 Å². The van der Waals surface area contributed by atoms with Crippen LogP contribution in [0.1, 0.15) is 33.1 Å². The highest BCUT2D eigenvalue weighted by Crippen LogP contribution is 2.34. The third-order valence-corrected chi connectivity index (χ3v) is 4.45. The number of hydrogen-bond acceptors (Lipinski definition) is 2. The Hall–Kier alpha value is -0.890. The number of benzene rings is 1. The lowest BCUT2D eigenvalue weighted by atomic mass is 9.80. The van der Waals surface area contributed by atoms with Crippen molar-refractivity contribution in [1.82, 2.24) is 0 Å². The Morgan fingerprint density at radius 2 is 1.95 bits per heavy atom. The van der Waals surface area contributed by atoms with Crippen molar-refractivity contribution >= 4 is 23.0 Å². The topological polar surface area (TPSA) is 15.3 Å². The van der Waals surface area contributed by atoms with Crippen molar-refractivity contribution < 1.29 is 0 Å². The average molecular weight is 281 g/mol. The van der Waals surface area contributed by atoms with Crippen LogP contribution in [0.2, 0.25) is 5.02 Å². The van der Waals surface area contributed by atoms with E-state index in [9.17, 15) is 0 Å². The van der Waals surface area contributed by atoms with E-state index in [1.807, 2.05) is 12.1 Å². The van der Waals surface area contributed by atoms with E-state index in [0.717, 1.165) is 22.5 Å². The van der Waals surface area contributed by atoms with Gasteiger partial charge in [0.05, 0.1) is 11.4 Å². The van der Waals surface area contributed by atoms with Crippen LogP contribution in [0.25, 0.3) is 0 Å². The van der Waals surface area contributed by atoms with E-state index in [4.69, 9.17) is 11.6 Å². The Balaban J connectivity index is 2.16. The molecule has 1 aromatic rings. The lowest BCUT2D eigenvalue weighted by Crippen LogP contribution is -2.33. The predicted octanol–water partition coefficient (Wildman–Crippen LogP) is 4.64. The third kappa shape index (κ3) is 3.56. The second kappa shape index (κ2) is 6.04. The zero-order valence-corrected chi connectivity index (χ0v) is 13.2. The molecule has 3 unspecified atom stereocenters. The summed E-state index contributed by atoms with van der Waals surface area (Å²) in [4.78, 5) is 2.13. The molecule has 106 valence electrons. The van der Waals surface area contributed by atoms with Crippen molar-refractivity contribution in [2.75, 3.05) is 24.3 Å². The molecule has 3 atom stereocenters. The van der Waals surface area contributed by atoms with Crippen LogP contribution in [0.3, 0.4) is 0 Å². The summed E-state index contributed by atoms with van der Waals surface area (Å²) in [6.07, 6.45) is 3.89. The van der Waals surface area contributed by atoms with Crippen LogP contribution < -0.4 is 10.2 Å². The minimum atomic E-state index is 0.563. The molecule has 1 aromatic carbocycles. The van der Waals surface area contributed by atoms with Gasteiger partial charge in [0.2, 0.25) is 0 Å². The summed E-state index contributed by atoms with van der Waals surface area (Å²) in [5, 5.41) is 4.51. The van der Waals surface area contributed by atoms with Gasteiger partial charge in [-0.25, -0.2) is 0 Å². The van der Waals surface area contributed by atoms with E-state index in [0.29, 0.717) is 6.04 Å². The summed E-state index contributed by atoms with van der Waals surface area (Å²) in [6.45, 7) is 4.71. The molecular weight excluding hydrogens is 256 g/mol. The summed E-state index contributed by atoms with van der Waals surface area (Å²) < 4.78 is 0. The van der Waals surface area contributed by atoms with Crippen LogP contribution in [0.4, 0.5) is 11.4 Å². The minimum absolute atomic E-state index is 0.563. The van der Waals surface area contributed by atoms with Gasteiger partial charge >= 0.3 is 0 Å². The molecule has 0 aromatic heterocycles. The van der Waals surface area contributed by atoms with Crippen molar-refractivity contribution in [2.45, 2.75) is 39.2 Å². The van der Waals surface area contributed by atoms with Gasteiger partial charge in [0.1, 0.15) is 0 Å². The monoisotopic (exact) mass is 280 g/mol. The van der Waals surface area contributed by atoms with Crippen molar-refractivity contribution in [2.24, 2.45) is 11.8 Å². The zero-order valence-electron chi connectivity index (χ0n) is 12.4. The molecule has 19 heavy (non-hydrogen) atoms. The maximum Gasteiger partial charge on any atom is 0.0597 e. The molecule has 1 N–H and O–H groups in total. The fourth-order valence-electron chi connectivity index (χ4n) is 3.09. The molecule has 0 bridgehead atoms. The molecule has 3 heteroatoms. The van der Waals surface area contributed by atoms with Crippen LogP contribution in [-0.4, -0.2) is 20.1 Å². The molecule has 0 spiro atoms. The Kier molecular flexibility index (Phi) is 4.62. The van der Waals surface area contributed by atoms with E-state index in [1.165, 1.54) is 24.9 Å². The molecule has 1 fully saturated rings. The van der Waals surface area contributed by atoms with Gasteiger partial charge in [-0.05, 0) is 49.3 Å². The lowest BCUT2D eigenvalue weighted by molar-refractivity contribution is 0.276. The summed E-state index contributed by atoms with van der Waals surface area (Å²) in [5.74, 6) is 1.58. The first-order chi connectivity index (χ1) is 8.97. The van der Waals surface area contributed by atoms with Crippen LogP contribution in [0.5, 0.6) is 0 Å². The smallest absolute Gasteiger partial charge is 0.0597 e. The highest BCUT2D eigenvalue weighted by Gasteiger charge is 2.25. The molecule has 2 nitrogen and oxygen atoms in total. The number of halogens is 1. The molecule has 2 rings (SSSR count). The molecule has 0 saturated heterocycles. The minimum Gasteiger partial charge on any atom is -0.380 e. The predicted molar refractivity (Wildman–Crippen MR) is 85.4 cm³/mol. The quantitative estimate of drug-likeness (QED) is 0.867. The zero-order chi connectivity index (χ0) is 14.0. The van der Waals surface area contributed by atoms with Crippen LogP contribution >= 0.6 is 11.6 Å². The van der Waals surface area contributed by atoms with Crippen molar-refractivity contribution in [1.29, 1.82) is 0 Å². The first kappa shape index (κ1) is 14.5. The molecule has 0 aliphatic heterocycles. The first-order valence-corrected chi connectivity index (χ1v) is 7.58. The van der Waals surface area contributed by atoms with Crippen molar-refractivity contribution in [3.05, 3.63) is 23.2 Å². The summed E-state index contributed by atoms with van der Waals surface area (Å²) >= 11 is 6.14. The summed E-state index contributed by atoms with van der Waals surface area (Å²) in [5.41, 5.74) is 2.36. The highest BCUT2D eigenvalue weighted by atomic mass is 35.5. The van der Waals surface area contributed by atoms with E-state index in [-0.39, 0.29) is 0 Å². The maximum atomic E-state index is 6.14. The van der Waals surface area contributed by atoms with Gasteiger partial charge in [-0.3, -0.25) is 0 Å². The molecule has 0 heterocycles. The second-order valence-electron chi connectivity index (χ2n) is 6.20. The number of nitrogens with one attached hydrogen (secondary N) is 1. The van der Waals surface area contributed by atoms with Crippen LogP contribution in [0.15, 0.2) is 18.2 Å². The Morgan fingerprint density at radius 1 is 1.21 bits per heavy atom. The van der Waals surface area contributed by atoms with Gasteiger partial charge in [0, 0.05) is 25.2 Å². The van der Waals surface area contributed by atoms with Crippen LogP contribution in [-0.2, 0) is 0 Å². The maximum absolute atomic E-state index is 6.14. The number of nitrogens with zero attached hydrogens (tertiary/aromatic N) is 1. The number of hydrogen-bond donors (Lipinski definition) is 1. The normalized spacial score (nSPS) is 27.1. The molecule has 1 saturated carbocycles. The molecule has 1 aliphatic rings. The van der Waals surface area contributed by atoms with E-state index < -0.39 is 0 Å². The summed E-state index contributed by atoms with van der Waals surface area (Å²) in [6, 6.07) is 6.64. The van der Waals surface area contributed by atoms with Gasteiger partial charge < -0.3 is 10.2 Å². The van der Waals surface area contributed by atoms with Gasteiger partial charge in [-0.15, -0.1) is 0 Å². The summed E-state index contributed by atoms with van der Waals surface area (Å²) in [7, 11) is 4.14. The lowest BCUT2D eigenvalue weighted by Gasteiger charge is -2.34. The van der Waals surface area contributed by atoms with Crippen LogP contribution in [0, 0.1) is 11.8 Å². The molecule has 0 amide bonds. The number of rotatable bonds is 3. The third-order valence-electron chi connectivity index (χ3n) is 4.21. The Labute approximate surface area is 122 Å². The molecule has 0 radical (unpaired) electrons. The largest absolute Gasteiger partial charge is 0.380 e. The Morgan fingerprint density at radius 3 is 2.58 bits per heavy atom. The second-order valence-corrected chi connectivity index (χ2v) is 6.64. The standard InChI is InChI=1S/C16H25ClN2/c1-11-5-7-14(12(2)9-11)18-15-10-13(17)6-8-16(15)19(3)4/h6,8,10-12,14,18H,5,7,9H2,1-4H3. The molecular formula is C16H25ClN2.